The van der Waals surface area contributed by atoms with Crippen LogP contribution in [0, 0.1) is 17.2 Å². The Kier molecular flexibility index (Phi) is 8.07. The average molecular weight is 607 g/mol. The van der Waals surface area contributed by atoms with Crippen LogP contribution in [-0.2, 0) is 11.3 Å². The molecule has 44 heavy (non-hydrogen) atoms. The van der Waals surface area contributed by atoms with Gasteiger partial charge in [0.2, 0.25) is 11.9 Å². The first kappa shape index (κ1) is 29.3. The van der Waals surface area contributed by atoms with Crippen molar-refractivity contribution in [3.63, 3.8) is 0 Å². The standard InChI is InChI=1S/C30H29F3N8O3/c31-30(32,33)26-24(16-37-38-27(26)42)41-17-21-4-1-2-7-23(21)25(41)18-44-22-6-3-5-20(12-22)28(43)39-8-10-40(11-9-39)29-35-14-19(13-34)15-36-29/h1-7,12,14-15,24-26,37H,8-11,16-18H2,(H,38,42)/t24?,25-,26?/m0/s1. The third-order valence-corrected chi connectivity index (χ3v) is 8.24. The van der Waals surface area contributed by atoms with Crippen molar-refractivity contribution in [3.8, 4) is 11.8 Å². The fourth-order valence-electron chi connectivity index (χ4n) is 6.04. The molecule has 14 heteroatoms. The average Bonchev–Trinajstić information content (AvgIpc) is 3.41. The smallest absolute Gasteiger partial charge is 0.402 e. The van der Waals surface area contributed by atoms with Gasteiger partial charge >= 0.3 is 6.18 Å². The van der Waals surface area contributed by atoms with Crippen LogP contribution in [-0.4, -0.2) is 83.1 Å². The van der Waals surface area contributed by atoms with E-state index in [1.54, 1.807) is 34.1 Å². The molecule has 2 amide bonds. The normalized spacial score (nSPS) is 22.2. The van der Waals surface area contributed by atoms with Crippen molar-refractivity contribution >= 4 is 17.8 Å². The minimum atomic E-state index is -4.72. The molecule has 2 unspecified atom stereocenters. The maximum Gasteiger partial charge on any atom is 0.402 e. The van der Waals surface area contributed by atoms with Gasteiger partial charge in [0.15, 0.2) is 5.92 Å². The molecule has 2 saturated heterocycles. The summed E-state index contributed by atoms with van der Waals surface area (Å²) in [4.78, 5) is 39.5. The van der Waals surface area contributed by atoms with Crippen molar-refractivity contribution < 1.29 is 27.5 Å². The minimum absolute atomic E-state index is 0.0284. The van der Waals surface area contributed by atoms with Crippen molar-refractivity contribution in [1.29, 1.82) is 5.26 Å². The highest BCUT2D eigenvalue weighted by Gasteiger charge is 2.55. The monoisotopic (exact) mass is 606 g/mol. The molecule has 3 aliphatic heterocycles. The van der Waals surface area contributed by atoms with Crippen LogP contribution in [0.4, 0.5) is 19.1 Å². The molecule has 1 aromatic heterocycles. The quantitative estimate of drug-likeness (QED) is 0.435. The molecule has 2 fully saturated rings. The summed E-state index contributed by atoms with van der Waals surface area (Å²) in [7, 11) is 0. The van der Waals surface area contributed by atoms with Gasteiger partial charge in [0.05, 0.1) is 24.0 Å². The molecular formula is C30H29F3N8O3. The summed E-state index contributed by atoms with van der Waals surface area (Å²) in [6.07, 6.45) is -1.79. The van der Waals surface area contributed by atoms with Crippen LogP contribution < -0.4 is 20.5 Å². The number of amides is 2. The first-order valence-electron chi connectivity index (χ1n) is 14.1. The maximum atomic E-state index is 14.0. The lowest BCUT2D eigenvalue weighted by atomic mass is 9.94. The lowest BCUT2D eigenvalue weighted by Crippen LogP contribution is -2.64. The molecule has 2 N–H and O–H groups in total. The number of fused-ring (bicyclic) bond motifs is 1. The zero-order valence-electron chi connectivity index (χ0n) is 23.5. The fourth-order valence-corrected chi connectivity index (χ4v) is 6.04. The Balaban J connectivity index is 1.13. The van der Waals surface area contributed by atoms with Gasteiger partial charge in [-0.1, -0.05) is 30.3 Å². The van der Waals surface area contributed by atoms with Gasteiger partial charge in [-0.25, -0.2) is 15.4 Å². The van der Waals surface area contributed by atoms with Gasteiger partial charge in [-0.2, -0.15) is 18.4 Å². The number of anilines is 1. The van der Waals surface area contributed by atoms with Crippen LogP contribution in [0.25, 0.3) is 0 Å². The van der Waals surface area contributed by atoms with Crippen LogP contribution >= 0.6 is 0 Å². The molecule has 3 aromatic rings. The Morgan fingerprint density at radius 1 is 1.07 bits per heavy atom. The van der Waals surface area contributed by atoms with E-state index in [0.29, 0.717) is 49.0 Å². The molecule has 0 radical (unpaired) electrons. The van der Waals surface area contributed by atoms with E-state index in [1.807, 2.05) is 35.2 Å². The number of alkyl halides is 3. The van der Waals surface area contributed by atoms with Crippen LogP contribution in [0.5, 0.6) is 5.75 Å². The molecule has 3 aliphatic rings. The third kappa shape index (κ3) is 5.88. The first-order valence-corrected chi connectivity index (χ1v) is 14.1. The number of carbonyl (C=O) groups is 2. The second-order valence-corrected chi connectivity index (χ2v) is 10.8. The Hall–Kier alpha value is -4.74. The molecule has 0 spiro atoms. The number of ether oxygens (including phenoxy) is 1. The largest absolute Gasteiger partial charge is 0.492 e. The molecule has 6 rings (SSSR count). The molecule has 4 heterocycles. The second-order valence-electron chi connectivity index (χ2n) is 10.8. The lowest BCUT2D eigenvalue weighted by molar-refractivity contribution is -0.202. The number of hydrogen-bond acceptors (Lipinski definition) is 9. The van der Waals surface area contributed by atoms with Gasteiger partial charge in [-0.05, 0) is 29.3 Å². The number of hydrogen-bond donors (Lipinski definition) is 2. The van der Waals surface area contributed by atoms with E-state index in [0.717, 1.165) is 11.1 Å². The number of rotatable bonds is 6. The number of hydrazine groups is 1. The van der Waals surface area contributed by atoms with E-state index < -0.39 is 30.1 Å². The zero-order valence-corrected chi connectivity index (χ0v) is 23.5. The number of nitrogens with zero attached hydrogens (tertiary/aromatic N) is 6. The van der Waals surface area contributed by atoms with Crippen molar-refractivity contribution in [3.05, 3.63) is 83.2 Å². The van der Waals surface area contributed by atoms with E-state index in [4.69, 9.17) is 10.00 Å². The van der Waals surface area contributed by atoms with Gasteiger partial charge in [-0.15, -0.1) is 0 Å². The topological polar surface area (TPSA) is 127 Å². The molecule has 228 valence electrons. The van der Waals surface area contributed by atoms with Crippen LogP contribution in [0.3, 0.4) is 0 Å². The highest BCUT2D eigenvalue weighted by atomic mass is 19.4. The Bertz CT molecular complexity index is 1570. The first-order chi connectivity index (χ1) is 21.2. The maximum absolute atomic E-state index is 14.0. The van der Waals surface area contributed by atoms with Gasteiger partial charge in [-0.3, -0.25) is 19.9 Å². The second kappa shape index (κ2) is 12.1. The Morgan fingerprint density at radius 3 is 2.55 bits per heavy atom. The highest BCUT2D eigenvalue weighted by Crippen LogP contribution is 2.41. The summed E-state index contributed by atoms with van der Waals surface area (Å²) in [5.74, 6) is -2.56. The van der Waals surface area contributed by atoms with Crippen molar-refractivity contribution in [2.45, 2.75) is 24.8 Å². The third-order valence-electron chi connectivity index (χ3n) is 8.24. The number of nitriles is 1. The van der Waals surface area contributed by atoms with Crippen LogP contribution in [0.2, 0.25) is 0 Å². The van der Waals surface area contributed by atoms with Gasteiger partial charge in [0.25, 0.3) is 5.91 Å². The van der Waals surface area contributed by atoms with Crippen molar-refractivity contribution in [2.75, 3.05) is 44.2 Å². The lowest BCUT2D eigenvalue weighted by Gasteiger charge is -2.40. The minimum Gasteiger partial charge on any atom is -0.492 e. The summed E-state index contributed by atoms with van der Waals surface area (Å²) in [6.45, 7) is 2.15. The van der Waals surface area contributed by atoms with Gasteiger partial charge in [0.1, 0.15) is 18.4 Å². The van der Waals surface area contributed by atoms with Gasteiger partial charge in [0, 0.05) is 50.9 Å². The Labute approximate surface area is 251 Å². The van der Waals surface area contributed by atoms with E-state index in [-0.39, 0.29) is 25.6 Å². The van der Waals surface area contributed by atoms with E-state index in [2.05, 4.69) is 20.8 Å². The molecule has 0 aliphatic carbocycles. The molecule has 0 saturated carbocycles. The molecule has 11 nitrogen and oxygen atoms in total. The summed E-state index contributed by atoms with van der Waals surface area (Å²) in [6, 6.07) is 14.5. The van der Waals surface area contributed by atoms with E-state index in [1.165, 1.54) is 12.4 Å². The number of benzene rings is 2. The summed E-state index contributed by atoms with van der Waals surface area (Å²) >= 11 is 0. The number of carbonyl (C=O) groups excluding carboxylic acids is 2. The summed E-state index contributed by atoms with van der Waals surface area (Å²) in [5.41, 5.74) is 7.25. The Morgan fingerprint density at radius 2 is 1.82 bits per heavy atom. The zero-order chi connectivity index (χ0) is 30.8. The predicted molar refractivity (Wildman–Crippen MR) is 151 cm³/mol. The summed E-state index contributed by atoms with van der Waals surface area (Å²) < 4.78 is 48.2. The number of aromatic nitrogens is 2. The predicted octanol–water partition coefficient (Wildman–Crippen LogP) is 2.43. The highest BCUT2D eigenvalue weighted by molar-refractivity contribution is 5.94. The summed E-state index contributed by atoms with van der Waals surface area (Å²) in [5, 5.41) is 8.95. The SMILES string of the molecule is N#Cc1cnc(N2CCN(C(=O)c3cccc(OC[C@H]4c5ccccc5CN4C4CNNC(=O)C4C(F)(F)F)c3)CC2)nc1. The van der Waals surface area contributed by atoms with Crippen molar-refractivity contribution in [2.24, 2.45) is 5.92 Å². The van der Waals surface area contributed by atoms with Crippen molar-refractivity contribution in [1.82, 2.24) is 30.6 Å². The van der Waals surface area contributed by atoms with Crippen LogP contribution in [0.1, 0.15) is 33.1 Å². The molecule has 0 bridgehead atoms. The number of halogens is 3. The number of piperazine rings is 1. The fraction of sp³-hybridized carbons (Fsp3) is 0.367. The number of nitrogens with one attached hydrogen (secondary N) is 2. The molecular weight excluding hydrogens is 577 g/mol. The van der Waals surface area contributed by atoms with E-state index in [9.17, 15) is 22.8 Å². The molecule has 2 aromatic carbocycles. The van der Waals surface area contributed by atoms with Crippen LogP contribution in [0.15, 0.2) is 60.9 Å². The van der Waals surface area contributed by atoms with Gasteiger partial charge < -0.3 is 14.5 Å². The van der Waals surface area contributed by atoms with E-state index >= 15 is 0 Å². The molecule has 3 atom stereocenters.